The van der Waals surface area contributed by atoms with Gasteiger partial charge in [-0.3, -0.25) is 4.79 Å². The van der Waals surface area contributed by atoms with E-state index in [2.05, 4.69) is 5.32 Å². The van der Waals surface area contributed by atoms with Crippen LogP contribution in [0.5, 0.6) is 0 Å². The van der Waals surface area contributed by atoms with Crippen LogP contribution in [-0.2, 0) is 20.4 Å². The first-order valence-electron chi connectivity index (χ1n) is 7.08. The maximum atomic E-state index is 13.5. The molecule has 0 aliphatic carbocycles. The Balaban J connectivity index is 2.03. The fraction of sp³-hybridized carbons (Fsp3) is 0.235. The first-order chi connectivity index (χ1) is 10.8. The average Bonchev–Trinajstić information content (AvgIpc) is 2.44. The molecule has 0 aliphatic rings. The van der Waals surface area contributed by atoms with Crippen LogP contribution in [0, 0.1) is 19.7 Å². The lowest BCUT2D eigenvalue weighted by molar-refractivity contribution is -0.113. The standard InChI is InChI=1S/C17H18FNO3S/c1-12-7-8-15(9-13(12)2)19-17(20)11-23(21,22)10-14-5-3-4-6-16(14)18/h3-9H,10-11H2,1-2H3,(H,19,20). The van der Waals surface area contributed by atoms with Crippen molar-refractivity contribution in [3.05, 3.63) is 65.0 Å². The Morgan fingerprint density at radius 3 is 2.43 bits per heavy atom. The molecule has 1 amide bonds. The Morgan fingerprint density at radius 1 is 1.09 bits per heavy atom. The number of carbonyl (C=O) groups excluding carboxylic acids is 1. The van der Waals surface area contributed by atoms with E-state index in [9.17, 15) is 17.6 Å². The molecule has 4 nitrogen and oxygen atoms in total. The van der Waals surface area contributed by atoms with Crippen molar-refractivity contribution >= 4 is 21.4 Å². The number of carbonyl (C=O) groups is 1. The van der Waals surface area contributed by atoms with Crippen molar-refractivity contribution in [2.45, 2.75) is 19.6 Å². The quantitative estimate of drug-likeness (QED) is 0.913. The second-order valence-electron chi connectivity index (χ2n) is 5.47. The van der Waals surface area contributed by atoms with Gasteiger partial charge in [-0.1, -0.05) is 24.3 Å². The second kappa shape index (κ2) is 6.91. The number of anilines is 1. The summed E-state index contributed by atoms with van der Waals surface area (Å²) in [7, 11) is -3.75. The van der Waals surface area contributed by atoms with Crippen molar-refractivity contribution in [2.75, 3.05) is 11.1 Å². The van der Waals surface area contributed by atoms with Crippen molar-refractivity contribution in [1.29, 1.82) is 0 Å². The highest BCUT2D eigenvalue weighted by atomic mass is 32.2. The van der Waals surface area contributed by atoms with Crippen molar-refractivity contribution in [2.24, 2.45) is 0 Å². The lowest BCUT2D eigenvalue weighted by Crippen LogP contribution is -2.24. The van der Waals surface area contributed by atoms with Crippen LogP contribution in [-0.4, -0.2) is 20.1 Å². The summed E-state index contributed by atoms with van der Waals surface area (Å²) < 4.78 is 37.6. The minimum Gasteiger partial charge on any atom is -0.325 e. The zero-order chi connectivity index (χ0) is 17.0. The normalized spacial score (nSPS) is 11.3. The minimum atomic E-state index is -3.75. The maximum Gasteiger partial charge on any atom is 0.239 e. The zero-order valence-electron chi connectivity index (χ0n) is 13.0. The highest BCUT2D eigenvalue weighted by Gasteiger charge is 2.19. The van der Waals surface area contributed by atoms with E-state index in [-0.39, 0.29) is 5.56 Å². The highest BCUT2D eigenvalue weighted by molar-refractivity contribution is 7.91. The predicted molar refractivity (Wildman–Crippen MR) is 88.4 cm³/mol. The maximum absolute atomic E-state index is 13.5. The van der Waals surface area contributed by atoms with Gasteiger partial charge in [0.15, 0.2) is 9.84 Å². The fourth-order valence-electron chi connectivity index (χ4n) is 2.12. The summed E-state index contributed by atoms with van der Waals surface area (Å²) in [6, 6.07) is 11.0. The Kier molecular flexibility index (Phi) is 5.15. The van der Waals surface area contributed by atoms with E-state index in [4.69, 9.17) is 0 Å². The van der Waals surface area contributed by atoms with E-state index in [1.165, 1.54) is 18.2 Å². The number of aryl methyl sites for hydroxylation is 2. The third-order valence-electron chi connectivity index (χ3n) is 3.47. The Bertz CT molecular complexity index is 831. The van der Waals surface area contributed by atoms with Crippen LogP contribution in [0.2, 0.25) is 0 Å². The van der Waals surface area contributed by atoms with Crippen LogP contribution in [0.3, 0.4) is 0 Å². The molecule has 2 aromatic carbocycles. The van der Waals surface area contributed by atoms with E-state index < -0.39 is 33.1 Å². The summed E-state index contributed by atoms with van der Waals surface area (Å²) in [6.07, 6.45) is 0. The number of nitrogens with one attached hydrogen (secondary N) is 1. The molecule has 6 heteroatoms. The van der Waals surface area contributed by atoms with Gasteiger partial charge in [0.2, 0.25) is 5.91 Å². The molecule has 2 aromatic rings. The summed E-state index contributed by atoms with van der Waals surface area (Å²) in [5, 5.41) is 2.55. The Morgan fingerprint density at radius 2 is 1.78 bits per heavy atom. The van der Waals surface area contributed by atoms with Gasteiger partial charge in [0.1, 0.15) is 11.6 Å². The van der Waals surface area contributed by atoms with Crippen LogP contribution in [0.15, 0.2) is 42.5 Å². The van der Waals surface area contributed by atoms with Crippen molar-refractivity contribution < 1.29 is 17.6 Å². The van der Waals surface area contributed by atoms with Gasteiger partial charge in [-0.2, -0.15) is 0 Å². The largest absolute Gasteiger partial charge is 0.325 e. The number of halogens is 1. The molecular formula is C17H18FNO3S. The van der Waals surface area contributed by atoms with E-state index in [1.54, 1.807) is 18.2 Å². The molecule has 0 aliphatic heterocycles. The number of hydrogen-bond acceptors (Lipinski definition) is 3. The zero-order valence-corrected chi connectivity index (χ0v) is 13.8. The SMILES string of the molecule is Cc1ccc(NC(=O)CS(=O)(=O)Cc2ccccc2F)cc1C. The molecule has 122 valence electrons. The van der Waals surface area contributed by atoms with E-state index >= 15 is 0 Å². The first kappa shape index (κ1) is 17.1. The van der Waals surface area contributed by atoms with Gasteiger partial charge in [0.05, 0.1) is 5.75 Å². The van der Waals surface area contributed by atoms with Gasteiger partial charge >= 0.3 is 0 Å². The predicted octanol–water partition coefficient (Wildman–Crippen LogP) is 3.00. The van der Waals surface area contributed by atoms with E-state index in [1.807, 2.05) is 19.9 Å². The molecule has 23 heavy (non-hydrogen) atoms. The third-order valence-corrected chi connectivity index (χ3v) is 4.93. The number of benzene rings is 2. The monoisotopic (exact) mass is 335 g/mol. The highest BCUT2D eigenvalue weighted by Crippen LogP contribution is 2.15. The van der Waals surface area contributed by atoms with Gasteiger partial charge in [0, 0.05) is 11.3 Å². The van der Waals surface area contributed by atoms with Crippen LogP contribution < -0.4 is 5.32 Å². The molecule has 0 bridgehead atoms. The number of hydrogen-bond donors (Lipinski definition) is 1. The lowest BCUT2D eigenvalue weighted by atomic mass is 10.1. The summed E-state index contributed by atoms with van der Waals surface area (Å²) >= 11 is 0. The molecule has 0 unspecified atom stereocenters. The number of sulfone groups is 1. The number of amides is 1. The molecule has 0 aromatic heterocycles. The van der Waals surface area contributed by atoms with Gasteiger partial charge in [-0.15, -0.1) is 0 Å². The van der Waals surface area contributed by atoms with Gasteiger partial charge < -0.3 is 5.32 Å². The van der Waals surface area contributed by atoms with Gasteiger partial charge in [-0.05, 0) is 43.2 Å². The van der Waals surface area contributed by atoms with Crippen LogP contribution in [0.25, 0.3) is 0 Å². The molecule has 0 radical (unpaired) electrons. The van der Waals surface area contributed by atoms with Crippen molar-refractivity contribution in [3.8, 4) is 0 Å². The van der Waals surface area contributed by atoms with Gasteiger partial charge in [0.25, 0.3) is 0 Å². The lowest BCUT2D eigenvalue weighted by Gasteiger charge is -2.09. The van der Waals surface area contributed by atoms with Gasteiger partial charge in [-0.25, -0.2) is 12.8 Å². The molecule has 2 rings (SSSR count). The van der Waals surface area contributed by atoms with Crippen molar-refractivity contribution in [1.82, 2.24) is 0 Å². The fourth-order valence-corrected chi connectivity index (χ4v) is 3.40. The molecule has 0 fully saturated rings. The molecule has 0 atom stereocenters. The topological polar surface area (TPSA) is 63.2 Å². The Hall–Kier alpha value is -2.21. The summed E-state index contributed by atoms with van der Waals surface area (Å²) in [5.41, 5.74) is 2.68. The second-order valence-corrected chi connectivity index (χ2v) is 7.54. The first-order valence-corrected chi connectivity index (χ1v) is 8.90. The van der Waals surface area contributed by atoms with Crippen LogP contribution in [0.4, 0.5) is 10.1 Å². The van der Waals surface area contributed by atoms with E-state index in [0.29, 0.717) is 5.69 Å². The summed E-state index contributed by atoms with van der Waals surface area (Å²) in [5.74, 6) is -2.41. The molecule has 1 N–H and O–H groups in total. The summed E-state index contributed by atoms with van der Waals surface area (Å²) in [4.78, 5) is 11.9. The van der Waals surface area contributed by atoms with Crippen LogP contribution in [0.1, 0.15) is 16.7 Å². The van der Waals surface area contributed by atoms with E-state index in [0.717, 1.165) is 11.1 Å². The molecule has 0 heterocycles. The third kappa shape index (κ3) is 4.89. The van der Waals surface area contributed by atoms with Crippen molar-refractivity contribution in [3.63, 3.8) is 0 Å². The Labute approximate surface area is 135 Å². The molecule has 0 spiro atoms. The molecule has 0 saturated heterocycles. The summed E-state index contributed by atoms with van der Waals surface area (Å²) in [6.45, 7) is 3.85. The molecular weight excluding hydrogens is 317 g/mol. The van der Waals surface area contributed by atoms with Crippen LogP contribution >= 0.6 is 0 Å². The smallest absolute Gasteiger partial charge is 0.239 e. The average molecular weight is 335 g/mol. The number of rotatable bonds is 5. The minimum absolute atomic E-state index is 0.0616. The molecule has 0 saturated carbocycles.